The van der Waals surface area contributed by atoms with Crippen LogP contribution in [0.5, 0.6) is 0 Å². The van der Waals surface area contributed by atoms with E-state index in [2.05, 4.69) is 20.4 Å². The van der Waals surface area contributed by atoms with Crippen LogP contribution in [0, 0.1) is 6.92 Å². The van der Waals surface area contributed by atoms with E-state index in [1.165, 1.54) is 0 Å². The Kier molecular flexibility index (Phi) is 3.12. The van der Waals surface area contributed by atoms with Gasteiger partial charge in [-0.25, -0.2) is 9.50 Å². The lowest BCUT2D eigenvalue weighted by atomic mass is 10.2. The highest BCUT2D eigenvalue weighted by molar-refractivity contribution is 6.00. The van der Waals surface area contributed by atoms with Gasteiger partial charge in [0.05, 0.1) is 5.69 Å². The number of aromatic nitrogens is 4. The molecule has 3 aromatic heterocycles. The minimum atomic E-state index is -0.181. The van der Waals surface area contributed by atoms with Crippen molar-refractivity contribution in [2.75, 3.05) is 0 Å². The summed E-state index contributed by atoms with van der Waals surface area (Å²) >= 11 is 0. The van der Waals surface area contributed by atoms with Crippen LogP contribution in [0.15, 0.2) is 43.0 Å². The minimum Gasteiger partial charge on any atom is -0.348 e. The number of hydrogen-bond donors (Lipinski definition) is 1. The third-order valence-corrected chi connectivity index (χ3v) is 2.97. The lowest BCUT2D eigenvalue weighted by Gasteiger charge is -2.04. The van der Waals surface area contributed by atoms with Crippen LogP contribution in [0.2, 0.25) is 0 Å². The van der Waals surface area contributed by atoms with Gasteiger partial charge < -0.3 is 5.32 Å². The molecule has 20 heavy (non-hydrogen) atoms. The maximum atomic E-state index is 12.3. The molecule has 6 nitrogen and oxygen atoms in total. The molecule has 0 unspecified atom stereocenters. The summed E-state index contributed by atoms with van der Waals surface area (Å²) in [6.45, 7) is 2.23. The molecule has 0 aliphatic rings. The number of nitrogens with one attached hydrogen (secondary N) is 1. The minimum absolute atomic E-state index is 0.181. The van der Waals surface area contributed by atoms with E-state index in [0.717, 1.165) is 5.56 Å². The smallest absolute Gasteiger partial charge is 0.257 e. The van der Waals surface area contributed by atoms with E-state index in [-0.39, 0.29) is 5.91 Å². The van der Waals surface area contributed by atoms with Crippen molar-refractivity contribution in [3.05, 3.63) is 59.8 Å². The molecule has 0 saturated heterocycles. The molecule has 3 aromatic rings. The Morgan fingerprint density at radius 3 is 3.05 bits per heavy atom. The Labute approximate surface area is 115 Å². The number of pyridine rings is 1. The summed E-state index contributed by atoms with van der Waals surface area (Å²) < 4.78 is 1.61. The quantitative estimate of drug-likeness (QED) is 0.777. The monoisotopic (exact) mass is 267 g/mol. The number of amides is 1. The molecular formula is C14H13N5O. The first kappa shape index (κ1) is 12.3. The zero-order valence-electron chi connectivity index (χ0n) is 10.9. The summed E-state index contributed by atoms with van der Waals surface area (Å²) in [6, 6.07) is 5.52. The van der Waals surface area contributed by atoms with Crippen molar-refractivity contribution < 1.29 is 4.79 Å². The normalized spacial score (nSPS) is 10.7. The predicted molar refractivity (Wildman–Crippen MR) is 73.1 cm³/mol. The number of carbonyl (C=O) groups excluding carboxylic acids is 1. The van der Waals surface area contributed by atoms with Crippen molar-refractivity contribution >= 4 is 11.6 Å². The summed E-state index contributed by atoms with van der Waals surface area (Å²) in [6.07, 6.45) is 6.84. The molecule has 0 spiro atoms. The van der Waals surface area contributed by atoms with Gasteiger partial charge in [0.2, 0.25) is 0 Å². The van der Waals surface area contributed by atoms with E-state index >= 15 is 0 Å². The highest BCUT2D eigenvalue weighted by atomic mass is 16.1. The molecule has 3 heterocycles. The van der Waals surface area contributed by atoms with Gasteiger partial charge in [-0.15, -0.1) is 0 Å². The number of hydrogen-bond acceptors (Lipinski definition) is 4. The van der Waals surface area contributed by atoms with Gasteiger partial charge >= 0.3 is 0 Å². The number of aryl methyl sites for hydroxylation is 1. The zero-order valence-corrected chi connectivity index (χ0v) is 10.9. The average molecular weight is 267 g/mol. The van der Waals surface area contributed by atoms with E-state index in [1.54, 1.807) is 42.3 Å². The lowest BCUT2D eigenvalue weighted by molar-refractivity contribution is 0.0951. The summed E-state index contributed by atoms with van der Waals surface area (Å²) in [5.41, 5.74) is 2.68. The largest absolute Gasteiger partial charge is 0.348 e. The summed E-state index contributed by atoms with van der Waals surface area (Å²) in [5, 5.41) is 7.13. The fourth-order valence-corrected chi connectivity index (χ4v) is 2.04. The first-order valence-electron chi connectivity index (χ1n) is 6.23. The van der Waals surface area contributed by atoms with Crippen LogP contribution in [0.25, 0.3) is 5.65 Å². The van der Waals surface area contributed by atoms with Gasteiger partial charge in [0, 0.05) is 31.3 Å². The Morgan fingerprint density at radius 1 is 1.35 bits per heavy atom. The zero-order chi connectivity index (χ0) is 13.9. The second kappa shape index (κ2) is 5.08. The van der Waals surface area contributed by atoms with Gasteiger partial charge in [-0.05, 0) is 24.6 Å². The molecule has 100 valence electrons. The van der Waals surface area contributed by atoms with Crippen LogP contribution < -0.4 is 5.32 Å². The number of carbonyl (C=O) groups is 1. The molecule has 0 saturated carbocycles. The van der Waals surface area contributed by atoms with E-state index in [4.69, 9.17) is 0 Å². The first-order valence-corrected chi connectivity index (χ1v) is 6.23. The SMILES string of the molecule is Cc1nn2cccnc2c1C(=O)NCc1cccnc1. The maximum absolute atomic E-state index is 12.3. The second-order valence-corrected chi connectivity index (χ2v) is 4.39. The third-order valence-electron chi connectivity index (χ3n) is 2.97. The molecule has 0 radical (unpaired) electrons. The van der Waals surface area contributed by atoms with Crippen molar-refractivity contribution in [1.29, 1.82) is 0 Å². The van der Waals surface area contributed by atoms with Gasteiger partial charge in [0.1, 0.15) is 5.56 Å². The molecule has 0 fully saturated rings. The summed E-state index contributed by atoms with van der Waals surface area (Å²) in [4.78, 5) is 20.5. The van der Waals surface area contributed by atoms with Crippen LogP contribution in [-0.2, 0) is 6.54 Å². The van der Waals surface area contributed by atoms with Gasteiger partial charge in [-0.3, -0.25) is 9.78 Å². The molecule has 0 aromatic carbocycles. The van der Waals surface area contributed by atoms with Crippen molar-refractivity contribution in [2.24, 2.45) is 0 Å². The number of fused-ring (bicyclic) bond motifs is 1. The van der Waals surface area contributed by atoms with Crippen LogP contribution in [0.3, 0.4) is 0 Å². The maximum Gasteiger partial charge on any atom is 0.257 e. The van der Waals surface area contributed by atoms with Gasteiger partial charge in [-0.2, -0.15) is 5.10 Å². The second-order valence-electron chi connectivity index (χ2n) is 4.39. The van der Waals surface area contributed by atoms with E-state index in [9.17, 15) is 4.79 Å². The van der Waals surface area contributed by atoms with Crippen LogP contribution in [-0.4, -0.2) is 25.5 Å². The molecule has 0 aliphatic carbocycles. The Morgan fingerprint density at radius 2 is 2.25 bits per heavy atom. The summed E-state index contributed by atoms with van der Waals surface area (Å²) in [7, 11) is 0. The van der Waals surface area contributed by atoms with E-state index in [0.29, 0.717) is 23.4 Å². The number of nitrogens with zero attached hydrogens (tertiary/aromatic N) is 4. The molecular weight excluding hydrogens is 254 g/mol. The fourth-order valence-electron chi connectivity index (χ4n) is 2.04. The van der Waals surface area contributed by atoms with E-state index in [1.807, 2.05) is 12.1 Å². The van der Waals surface area contributed by atoms with Gasteiger partial charge in [-0.1, -0.05) is 6.07 Å². The molecule has 0 bridgehead atoms. The molecule has 6 heteroatoms. The van der Waals surface area contributed by atoms with Crippen molar-refractivity contribution in [1.82, 2.24) is 24.9 Å². The highest BCUT2D eigenvalue weighted by Gasteiger charge is 2.17. The van der Waals surface area contributed by atoms with Crippen LogP contribution >= 0.6 is 0 Å². The van der Waals surface area contributed by atoms with Gasteiger partial charge in [0.15, 0.2) is 5.65 Å². The molecule has 1 N–H and O–H groups in total. The van der Waals surface area contributed by atoms with Crippen molar-refractivity contribution in [3.63, 3.8) is 0 Å². The van der Waals surface area contributed by atoms with Crippen LogP contribution in [0.1, 0.15) is 21.6 Å². The Balaban J connectivity index is 1.84. The van der Waals surface area contributed by atoms with Gasteiger partial charge in [0.25, 0.3) is 5.91 Å². The Bertz CT molecular complexity index is 751. The molecule has 1 amide bonds. The lowest BCUT2D eigenvalue weighted by Crippen LogP contribution is -2.23. The molecule has 0 atom stereocenters. The Hall–Kier alpha value is -2.76. The third kappa shape index (κ3) is 2.23. The topological polar surface area (TPSA) is 72.2 Å². The first-order chi connectivity index (χ1) is 9.75. The van der Waals surface area contributed by atoms with E-state index < -0.39 is 0 Å². The van der Waals surface area contributed by atoms with Crippen molar-refractivity contribution in [2.45, 2.75) is 13.5 Å². The highest BCUT2D eigenvalue weighted by Crippen LogP contribution is 2.12. The number of rotatable bonds is 3. The predicted octanol–water partition coefficient (Wildman–Crippen LogP) is 1.36. The fraction of sp³-hybridized carbons (Fsp3) is 0.143. The molecule has 3 rings (SSSR count). The molecule has 0 aliphatic heterocycles. The van der Waals surface area contributed by atoms with Crippen LogP contribution in [0.4, 0.5) is 0 Å². The average Bonchev–Trinajstić information content (AvgIpc) is 2.82. The standard InChI is InChI=1S/C14H13N5O/c1-10-12(13-16-6-3-7-19(13)18-10)14(20)17-9-11-4-2-5-15-8-11/h2-8H,9H2,1H3,(H,17,20). The van der Waals surface area contributed by atoms with Crippen molar-refractivity contribution in [3.8, 4) is 0 Å². The summed E-state index contributed by atoms with van der Waals surface area (Å²) in [5.74, 6) is -0.181.